The Balaban J connectivity index is 2.65. The van der Waals surface area contributed by atoms with E-state index in [1.165, 1.54) is 32.1 Å². The van der Waals surface area contributed by atoms with E-state index in [0.29, 0.717) is 12.1 Å². The van der Waals surface area contributed by atoms with E-state index in [1.807, 2.05) is 0 Å². The second-order valence-corrected chi connectivity index (χ2v) is 5.75. The van der Waals surface area contributed by atoms with Crippen molar-refractivity contribution in [2.24, 2.45) is 5.92 Å². The van der Waals surface area contributed by atoms with Crippen LogP contribution in [0.2, 0.25) is 0 Å². The molecular weight excluding hydrogens is 196 g/mol. The highest BCUT2D eigenvalue weighted by atomic mass is 15.2. The zero-order valence-corrected chi connectivity index (χ0v) is 11.8. The molecule has 0 spiro atoms. The van der Waals surface area contributed by atoms with Crippen LogP contribution in [0, 0.1) is 5.92 Å². The van der Waals surface area contributed by atoms with E-state index >= 15 is 0 Å². The van der Waals surface area contributed by atoms with Gasteiger partial charge in [0.05, 0.1) is 0 Å². The van der Waals surface area contributed by atoms with E-state index in [0.717, 1.165) is 12.0 Å². The second kappa shape index (κ2) is 6.61. The van der Waals surface area contributed by atoms with Gasteiger partial charge in [-0.3, -0.25) is 4.90 Å². The lowest BCUT2D eigenvalue weighted by molar-refractivity contribution is 0.114. The van der Waals surface area contributed by atoms with Crippen molar-refractivity contribution in [1.82, 2.24) is 10.2 Å². The summed E-state index contributed by atoms with van der Waals surface area (Å²) in [5.74, 6) is 0.741. The van der Waals surface area contributed by atoms with Gasteiger partial charge in [0, 0.05) is 18.1 Å². The normalized spacial score (nSPS) is 29.4. The van der Waals surface area contributed by atoms with E-state index in [9.17, 15) is 0 Å². The van der Waals surface area contributed by atoms with Crippen LogP contribution in [0.3, 0.4) is 0 Å². The van der Waals surface area contributed by atoms with Gasteiger partial charge in [-0.2, -0.15) is 0 Å². The van der Waals surface area contributed by atoms with E-state index in [2.05, 4.69) is 45.1 Å². The summed E-state index contributed by atoms with van der Waals surface area (Å²) >= 11 is 0. The second-order valence-electron chi connectivity index (χ2n) is 5.75. The fourth-order valence-electron chi connectivity index (χ4n) is 2.88. The Morgan fingerprint density at radius 3 is 2.25 bits per heavy atom. The molecule has 2 nitrogen and oxygen atoms in total. The molecule has 1 aliphatic rings. The number of likely N-dealkylation sites (N-methyl/N-ethyl adjacent to an activating group) is 2. The summed E-state index contributed by atoms with van der Waals surface area (Å²) < 4.78 is 0. The summed E-state index contributed by atoms with van der Waals surface area (Å²) in [6.07, 6.45) is 6.91. The largest absolute Gasteiger partial charge is 0.315 e. The highest BCUT2D eigenvalue weighted by Crippen LogP contribution is 2.24. The molecule has 1 rings (SSSR count). The van der Waals surface area contributed by atoms with Gasteiger partial charge in [0.1, 0.15) is 0 Å². The molecule has 0 aromatic rings. The standard InChI is InChI=1S/C14H30N2/c1-11(2)12(3)16(5)14-10-8-6-7-9-13(14)15-4/h11-15H,6-10H2,1-5H3. The Bertz CT molecular complexity index is 191. The van der Waals surface area contributed by atoms with Crippen LogP contribution in [0.4, 0.5) is 0 Å². The van der Waals surface area contributed by atoms with Gasteiger partial charge >= 0.3 is 0 Å². The molecule has 0 saturated heterocycles. The van der Waals surface area contributed by atoms with Crippen LogP contribution in [-0.4, -0.2) is 37.1 Å². The van der Waals surface area contributed by atoms with Crippen molar-refractivity contribution in [2.45, 2.75) is 71.0 Å². The number of nitrogens with one attached hydrogen (secondary N) is 1. The molecule has 3 unspecified atom stereocenters. The molecule has 1 saturated carbocycles. The first kappa shape index (κ1) is 14.0. The average molecular weight is 226 g/mol. The molecule has 0 heterocycles. The first-order chi connectivity index (χ1) is 7.57. The molecule has 16 heavy (non-hydrogen) atoms. The van der Waals surface area contributed by atoms with E-state index < -0.39 is 0 Å². The van der Waals surface area contributed by atoms with Gasteiger partial charge in [0.15, 0.2) is 0 Å². The van der Waals surface area contributed by atoms with Gasteiger partial charge < -0.3 is 5.32 Å². The Labute approximate surface area is 102 Å². The maximum atomic E-state index is 3.53. The number of hydrogen-bond acceptors (Lipinski definition) is 2. The minimum absolute atomic E-state index is 0.680. The quantitative estimate of drug-likeness (QED) is 0.742. The van der Waals surface area contributed by atoms with Gasteiger partial charge in [-0.1, -0.05) is 33.1 Å². The summed E-state index contributed by atoms with van der Waals surface area (Å²) in [6, 6.07) is 2.09. The van der Waals surface area contributed by atoms with Crippen molar-refractivity contribution < 1.29 is 0 Å². The zero-order valence-electron chi connectivity index (χ0n) is 11.8. The number of hydrogen-bond donors (Lipinski definition) is 1. The summed E-state index contributed by atoms with van der Waals surface area (Å²) in [6.45, 7) is 7.01. The van der Waals surface area contributed by atoms with E-state index in [-0.39, 0.29) is 0 Å². The fourth-order valence-corrected chi connectivity index (χ4v) is 2.88. The molecule has 0 aliphatic heterocycles. The summed E-state index contributed by atoms with van der Waals surface area (Å²) in [7, 11) is 4.43. The molecular formula is C14H30N2. The molecule has 1 aliphatic carbocycles. The smallest absolute Gasteiger partial charge is 0.0249 e. The first-order valence-corrected chi connectivity index (χ1v) is 6.97. The predicted octanol–water partition coefficient (Wildman–Crippen LogP) is 2.88. The maximum absolute atomic E-state index is 3.53. The first-order valence-electron chi connectivity index (χ1n) is 6.97. The minimum atomic E-state index is 0.680. The van der Waals surface area contributed by atoms with Crippen LogP contribution in [0.1, 0.15) is 52.9 Å². The van der Waals surface area contributed by atoms with Crippen molar-refractivity contribution in [3.05, 3.63) is 0 Å². The maximum Gasteiger partial charge on any atom is 0.0249 e. The third-order valence-electron chi connectivity index (χ3n) is 4.48. The third kappa shape index (κ3) is 3.46. The third-order valence-corrected chi connectivity index (χ3v) is 4.48. The highest BCUT2D eigenvalue weighted by molar-refractivity contribution is 4.87. The monoisotopic (exact) mass is 226 g/mol. The summed E-state index contributed by atoms with van der Waals surface area (Å²) in [5.41, 5.74) is 0. The van der Waals surface area contributed by atoms with Crippen LogP contribution in [0.5, 0.6) is 0 Å². The summed E-state index contributed by atoms with van der Waals surface area (Å²) in [4.78, 5) is 2.61. The molecule has 0 amide bonds. The Kier molecular flexibility index (Phi) is 5.77. The molecule has 2 heteroatoms. The average Bonchev–Trinajstić information content (AvgIpc) is 2.51. The van der Waals surface area contributed by atoms with Gasteiger partial charge in [0.25, 0.3) is 0 Å². The summed E-state index contributed by atoms with van der Waals surface area (Å²) in [5, 5.41) is 3.53. The van der Waals surface area contributed by atoms with Crippen LogP contribution >= 0.6 is 0 Å². The topological polar surface area (TPSA) is 15.3 Å². The van der Waals surface area contributed by atoms with Crippen LogP contribution in [0.15, 0.2) is 0 Å². The molecule has 1 N–H and O–H groups in total. The van der Waals surface area contributed by atoms with E-state index in [1.54, 1.807) is 0 Å². The van der Waals surface area contributed by atoms with Crippen LogP contribution in [-0.2, 0) is 0 Å². The van der Waals surface area contributed by atoms with Crippen molar-refractivity contribution in [3.63, 3.8) is 0 Å². The molecule has 0 radical (unpaired) electrons. The molecule has 1 fully saturated rings. The van der Waals surface area contributed by atoms with Crippen molar-refractivity contribution in [2.75, 3.05) is 14.1 Å². The Hall–Kier alpha value is -0.0800. The van der Waals surface area contributed by atoms with Crippen molar-refractivity contribution >= 4 is 0 Å². The molecule has 0 bridgehead atoms. The fraction of sp³-hybridized carbons (Fsp3) is 1.00. The van der Waals surface area contributed by atoms with Crippen molar-refractivity contribution in [1.29, 1.82) is 0 Å². The van der Waals surface area contributed by atoms with Gasteiger partial charge in [-0.25, -0.2) is 0 Å². The van der Waals surface area contributed by atoms with Gasteiger partial charge in [0.2, 0.25) is 0 Å². The van der Waals surface area contributed by atoms with Gasteiger partial charge in [-0.05, 0) is 39.8 Å². The molecule has 0 aromatic carbocycles. The Morgan fingerprint density at radius 1 is 1.06 bits per heavy atom. The van der Waals surface area contributed by atoms with Crippen molar-refractivity contribution in [3.8, 4) is 0 Å². The highest BCUT2D eigenvalue weighted by Gasteiger charge is 2.29. The number of rotatable bonds is 4. The lowest BCUT2D eigenvalue weighted by Gasteiger charge is -2.39. The predicted molar refractivity (Wildman–Crippen MR) is 71.8 cm³/mol. The lowest BCUT2D eigenvalue weighted by atomic mass is 9.97. The zero-order chi connectivity index (χ0) is 12.1. The molecule has 3 atom stereocenters. The van der Waals surface area contributed by atoms with Crippen LogP contribution < -0.4 is 5.32 Å². The number of nitrogens with zero attached hydrogens (tertiary/aromatic N) is 1. The Morgan fingerprint density at radius 2 is 1.69 bits per heavy atom. The van der Waals surface area contributed by atoms with Crippen LogP contribution in [0.25, 0.3) is 0 Å². The molecule has 0 aromatic heterocycles. The minimum Gasteiger partial charge on any atom is -0.315 e. The SMILES string of the molecule is CNC1CCCCCC1N(C)C(C)C(C)C. The molecule has 96 valence electrons. The van der Waals surface area contributed by atoms with Gasteiger partial charge in [-0.15, -0.1) is 0 Å². The lowest BCUT2D eigenvalue weighted by Crippen LogP contribution is -2.51. The van der Waals surface area contributed by atoms with E-state index in [4.69, 9.17) is 0 Å².